The maximum atomic E-state index is 12.4. The first kappa shape index (κ1) is 19.5. The molecule has 29 heavy (non-hydrogen) atoms. The molecular weight excluding hydrogens is 362 g/mol. The number of nitrogens with zero attached hydrogens (tertiary/aromatic N) is 2. The molecule has 0 saturated heterocycles. The third-order valence-corrected chi connectivity index (χ3v) is 5.86. The molecule has 5 nitrogen and oxygen atoms in total. The molecule has 1 aromatic heterocycles. The van der Waals surface area contributed by atoms with Crippen LogP contribution in [-0.4, -0.2) is 29.1 Å². The van der Waals surface area contributed by atoms with Crippen LogP contribution in [0.1, 0.15) is 43.5 Å². The Kier molecular flexibility index (Phi) is 6.13. The molecule has 4 rings (SSSR count). The molecule has 1 aliphatic rings. The van der Waals surface area contributed by atoms with Crippen LogP contribution < -0.4 is 10.1 Å². The van der Waals surface area contributed by atoms with Crippen molar-refractivity contribution >= 4 is 16.9 Å². The summed E-state index contributed by atoms with van der Waals surface area (Å²) in [7, 11) is 1.68. The van der Waals surface area contributed by atoms with Crippen molar-refractivity contribution < 1.29 is 9.53 Å². The van der Waals surface area contributed by atoms with Gasteiger partial charge in [0.15, 0.2) is 0 Å². The third-order valence-electron chi connectivity index (χ3n) is 5.86. The van der Waals surface area contributed by atoms with Gasteiger partial charge in [-0.3, -0.25) is 4.79 Å². The molecule has 1 saturated carbocycles. The van der Waals surface area contributed by atoms with Crippen molar-refractivity contribution in [2.45, 2.75) is 45.1 Å². The van der Waals surface area contributed by atoms with Crippen molar-refractivity contribution in [2.24, 2.45) is 5.92 Å². The molecule has 5 heteroatoms. The van der Waals surface area contributed by atoms with Gasteiger partial charge in [0, 0.05) is 25.4 Å². The summed E-state index contributed by atoms with van der Waals surface area (Å²) in [5.74, 6) is 2.27. The highest BCUT2D eigenvalue weighted by Gasteiger charge is 2.20. The van der Waals surface area contributed by atoms with Gasteiger partial charge in [-0.2, -0.15) is 0 Å². The summed E-state index contributed by atoms with van der Waals surface area (Å²) in [6, 6.07) is 16.4. The van der Waals surface area contributed by atoms with Crippen molar-refractivity contribution in [3.8, 4) is 5.75 Å². The van der Waals surface area contributed by atoms with Gasteiger partial charge in [-0.05, 0) is 42.7 Å². The van der Waals surface area contributed by atoms with Gasteiger partial charge < -0.3 is 14.6 Å². The molecule has 2 aromatic carbocycles. The van der Waals surface area contributed by atoms with Gasteiger partial charge in [0.05, 0.1) is 18.1 Å². The summed E-state index contributed by atoms with van der Waals surface area (Å²) < 4.78 is 7.52. The lowest BCUT2D eigenvalue weighted by atomic mass is 9.89. The van der Waals surface area contributed by atoms with E-state index in [1.165, 1.54) is 24.8 Å². The van der Waals surface area contributed by atoms with Crippen molar-refractivity contribution in [3.05, 3.63) is 59.9 Å². The SMILES string of the molecule is COc1ccc(Cn2c(CCNC(=O)C3CCCCC3)nc3ccccc32)cc1. The highest BCUT2D eigenvalue weighted by atomic mass is 16.5. The standard InChI is InChI=1S/C24H29N3O2/c1-29-20-13-11-18(12-14-20)17-27-22-10-6-5-9-21(22)26-23(27)15-16-25-24(28)19-7-3-2-4-8-19/h5-6,9-14,19H,2-4,7-8,15-17H2,1H3,(H,25,28). The Morgan fingerprint density at radius 3 is 2.62 bits per heavy atom. The smallest absolute Gasteiger partial charge is 0.223 e. The maximum Gasteiger partial charge on any atom is 0.223 e. The summed E-state index contributed by atoms with van der Waals surface area (Å²) in [5, 5.41) is 3.14. The summed E-state index contributed by atoms with van der Waals surface area (Å²) >= 11 is 0. The van der Waals surface area contributed by atoms with Gasteiger partial charge in [0.1, 0.15) is 11.6 Å². The maximum absolute atomic E-state index is 12.4. The van der Waals surface area contributed by atoms with E-state index in [-0.39, 0.29) is 11.8 Å². The molecule has 1 heterocycles. The molecule has 1 N–H and O–H groups in total. The first-order chi connectivity index (χ1) is 14.2. The summed E-state index contributed by atoms with van der Waals surface area (Å²) in [4.78, 5) is 17.3. The molecule has 0 atom stereocenters. The van der Waals surface area contributed by atoms with E-state index in [4.69, 9.17) is 9.72 Å². The summed E-state index contributed by atoms with van der Waals surface area (Å²) in [6.45, 7) is 1.37. The molecule has 1 aliphatic carbocycles. The second-order valence-corrected chi connectivity index (χ2v) is 7.83. The van der Waals surface area contributed by atoms with Gasteiger partial charge in [0.25, 0.3) is 0 Å². The minimum atomic E-state index is 0.196. The number of hydrogen-bond donors (Lipinski definition) is 1. The number of rotatable bonds is 7. The van der Waals surface area contributed by atoms with Crippen molar-refractivity contribution in [3.63, 3.8) is 0 Å². The Labute approximate surface area is 172 Å². The average Bonchev–Trinajstić information content (AvgIpc) is 3.12. The number of carbonyl (C=O) groups is 1. The molecule has 0 aliphatic heterocycles. The second kappa shape index (κ2) is 9.12. The minimum absolute atomic E-state index is 0.196. The third kappa shape index (κ3) is 4.61. The number of imidazole rings is 1. The number of aromatic nitrogens is 2. The average molecular weight is 392 g/mol. The zero-order valence-corrected chi connectivity index (χ0v) is 17.1. The number of methoxy groups -OCH3 is 1. The molecule has 0 bridgehead atoms. The van der Waals surface area contributed by atoms with Crippen LogP contribution in [0.5, 0.6) is 5.75 Å². The molecule has 3 aromatic rings. The highest BCUT2D eigenvalue weighted by molar-refractivity contribution is 5.79. The van der Waals surface area contributed by atoms with E-state index in [1.54, 1.807) is 7.11 Å². The van der Waals surface area contributed by atoms with E-state index in [0.717, 1.165) is 48.4 Å². The molecule has 152 valence electrons. The topological polar surface area (TPSA) is 56.1 Å². The lowest BCUT2D eigenvalue weighted by molar-refractivity contribution is -0.125. The van der Waals surface area contributed by atoms with Gasteiger partial charge in [0.2, 0.25) is 5.91 Å². The molecule has 1 fully saturated rings. The second-order valence-electron chi connectivity index (χ2n) is 7.83. The first-order valence-electron chi connectivity index (χ1n) is 10.6. The zero-order valence-electron chi connectivity index (χ0n) is 17.1. The van der Waals surface area contributed by atoms with E-state index in [2.05, 4.69) is 28.1 Å². The van der Waals surface area contributed by atoms with Crippen LogP contribution in [0.25, 0.3) is 11.0 Å². The molecule has 0 spiro atoms. The highest BCUT2D eigenvalue weighted by Crippen LogP contribution is 2.24. The lowest BCUT2D eigenvalue weighted by Crippen LogP contribution is -2.33. The van der Waals surface area contributed by atoms with Gasteiger partial charge in [-0.25, -0.2) is 4.98 Å². The number of carbonyl (C=O) groups excluding carboxylic acids is 1. The number of benzene rings is 2. The summed E-state index contributed by atoms with van der Waals surface area (Å²) in [5.41, 5.74) is 3.31. The molecule has 0 radical (unpaired) electrons. The Balaban J connectivity index is 1.47. The molecule has 1 amide bonds. The van der Waals surface area contributed by atoms with Crippen molar-refractivity contribution in [2.75, 3.05) is 13.7 Å². The number of fused-ring (bicyclic) bond motifs is 1. The number of amides is 1. The Morgan fingerprint density at radius 1 is 1.10 bits per heavy atom. The van der Waals surface area contributed by atoms with Crippen molar-refractivity contribution in [1.29, 1.82) is 0 Å². The Morgan fingerprint density at radius 2 is 1.86 bits per heavy atom. The fraction of sp³-hybridized carbons (Fsp3) is 0.417. The van der Waals surface area contributed by atoms with E-state index in [9.17, 15) is 4.79 Å². The van der Waals surface area contributed by atoms with Crippen LogP contribution in [0, 0.1) is 5.92 Å². The van der Waals surface area contributed by atoms with Gasteiger partial charge >= 0.3 is 0 Å². The Bertz CT molecular complexity index is 956. The fourth-order valence-corrected chi connectivity index (χ4v) is 4.21. The van der Waals surface area contributed by atoms with E-state index >= 15 is 0 Å². The first-order valence-corrected chi connectivity index (χ1v) is 10.6. The lowest BCUT2D eigenvalue weighted by Gasteiger charge is -2.20. The molecule has 0 unspecified atom stereocenters. The summed E-state index contributed by atoms with van der Waals surface area (Å²) in [6.07, 6.45) is 6.40. The van der Waals surface area contributed by atoms with Crippen LogP contribution >= 0.6 is 0 Å². The monoisotopic (exact) mass is 391 g/mol. The van der Waals surface area contributed by atoms with Crippen LogP contribution in [0.15, 0.2) is 48.5 Å². The van der Waals surface area contributed by atoms with Gasteiger partial charge in [-0.1, -0.05) is 43.5 Å². The number of nitrogens with one attached hydrogen (secondary N) is 1. The largest absolute Gasteiger partial charge is 0.497 e. The predicted octanol–water partition coefficient (Wildman–Crippen LogP) is 4.33. The van der Waals surface area contributed by atoms with E-state index in [0.29, 0.717) is 6.54 Å². The molecular formula is C24H29N3O2. The fourth-order valence-electron chi connectivity index (χ4n) is 4.21. The van der Waals surface area contributed by atoms with E-state index in [1.807, 2.05) is 30.3 Å². The number of para-hydroxylation sites is 2. The zero-order chi connectivity index (χ0) is 20.1. The normalized spacial score (nSPS) is 14.8. The number of ether oxygens (including phenoxy) is 1. The van der Waals surface area contributed by atoms with Crippen LogP contribution in [0.4, 0.5) is 0 Å². The van der Waals surface area contributed by atoms with Crippen LogP contribution in [0.3, 0.4) is 0 Å². The van der Waals surface area contributed by atoms with Crippen LogP contribution in [-0.2, 0) is 17.8 Å². The Hall–Kier alpha value is -2.82. The number of hydrogen-bond acceptors (Lipinski definition) is 3. The van der Waals surface area contributed by atoms with E-state index < -0.39 is 0 Å². The quantitative estimate of drug-likeness (QED) is 0.652. The predicted molar refractivity (Wildman–Crippen MR) is 115 cm³/mol. The van der Waals surface area contributed by atoms with Gasteiger partial charge in [-0.15, -0.1) is 0 Å². The minimum Gasteiger partial charge on any atom is -0.497 e. The van der Waals surface area contributed by atoms with Crippen LogP contribution in [0.2, 0.25) is 0 Å². The van der Waals surface area contributed by atoms with Crippen molar-refractivity contribution in [1.82, 2.24) is 14.9 Å².